The second kappa shape index (κ2) is 5.63. The summed E-state index contributed by atoms with van der Waals surface area (Å²) in [5.74, 6) is 0.662. The topological polar surface area (TPSA) is 35.2 Å². The summed E-state index contributed by atoms with van der Waals surface area (Å²) in [7, 11) is 0. The summed E-state index contributed by atoms with van der Waals surface area (Å²) in [6.07, 6.45) is -0.104. The molecule has 18 heavy (non-hydrogen) atoms. The molecule has 0 aliphatic heterocycles. The standard InChI is InChI=1S/C14H13BrClNO/c1-9(10-3-2-4-12(17)7-10)18-14-6-5-11(15)8-13(14)16/h2-9H,17H2,1H3. The number of anilines is 1. The Hall–Kier alpha value is -1.19. The number of nitrogens with two attached hydrogens (primary N) is 1. The second-order valence-corrected chi connectivity index (χ2v) is 5.33. The third-order valence-electron chi connectivity index (χ3n) is 2.58. The van der Waals surface area contributed by atoms with Gasteiger partial charge in [-0.15, -0.1) is 0 Å². The first-order valence-electron chi connectivity index (χ1n) is 5.53. The molecule has 0 radical (unpaired) electrons. The predicted molar refractivity (Wildman–Crippen MR) is 79.0 cm³/mol. The molecule has 2 rings (SSSR count). The molecule has 94 valence electrons. The van der Waals surface area contributed by atoms with Crippen molar-refractivity contribution in [2.24, 2.45) is 0 Å². The molecule has 2 nitrogen and oxygen atoms in total. The highest BCUT2D eigenvalue weighted by molar-refractivity contribution is 9.10. The largest absolute Gasteiger partial charge is 0.484 e. The first-order chi connectivity index (χ1) is 8.56. The van der Waals surface area contributed by atoms with Crippen LogP contribution in [0.1, 0.15) is 18.6 Å². The summed E-state index contributed by atoms with van der Waals surface area (Å²) >= 11 is 9.47. The van der Waals surface area contributed by atoms with Crippen molar-refractivity contribution in [2.45, 2.75) is 13.0 Å². The molecule has 0 aliphatic rings. The molecule has 0 saturated carbocycles. The van der Waals surface area contributed by atoms with Gasteiger partial charge in [-0.3, -0.25) is 0 Å². The van der Waals surface area contributed by atoms with Crippen LogP contribution in [0.15, 0.2) is 46.9 Å². The van der Waals surface area contributed by atoms with Crippen LogP contribution in [0.4, 0.5) is 5.69 Å². The Bertz CT molecular complexity index is 559. The van der Waals surface area contributed by atoms with Gasteiger partial charge in [-0.05, 0) is 42.8 Å². The molecule has 0 fully saturated rings. The fourth-order valence-electron chi connectivity index (χ4n) is 1.64. The van der Waals surface area contributed by atoms with Crippen LogP contribution < -0.4 is 10.5 Å². The van der Waals surface area contributed by atoms with Gasteiger partial charge >= 0.3 is 0 Å². The van der Waals surface area contributed by atoms with E-state index in [0.29, 0.717) is 10.8 Å². The number of benzene rings is 2. The molecule has 1 atom stereocenters. The minimum absolute atomic E-state index is 0.104. The van der Waals surface area contributed by atoms with Gasteiger partial charge in [0.2, 0.25) is 0 Å². The lowest BCUT2D eigenvalue weighted by Crippen LogP contribution is -2.04. The zero-order chi connectivity index (χ0) is 13.1. The normalized spacial score (nSPS) is 12.2. The Morgan fingerprint density at radius 2 is 2.00 bits per heavy atom. The first-order valence-corrected chi connectivity index (χ1v) is 6.70. The molecule has 0 aromatic heterocycles. The van der Waals surface area contributed by atoms with Crippen molar-refractivity contribution < 1.29 is 4.74 Å². The van der Waals surface area contributed by atoms with Crippen LogP contribution in [0.3, 0.4) is 0 Å². The van der Waals surface area contributed by atoms with Crippen LogP contribution in [0.5, 0.6) is 5.75 Å². The number of rotatable bonds is 3. The number of ether oxygens (including phenoxy) is 1. The van der Waals surface area contributed by atoms with Crippen LogP contribution in [-0.2, 0) is 0 Å². The lowest BCUT2D eigenvalue weighted by atomic mass is 10.1. The van der Waals surface area contributed by atoms with E-state index in [2.05, 4.69) is 15.9 Å². The van der Waals surface area contributed by atoms with E-state index in [0.717, 1.165) is 15.7 Å². The smallest absolute Gasteiger partial charge is 0.138 e. The highest BCUT2D eigenvalue weighted by atomic mass is 79.9. The Balaban J connectivity index is 2.18. The second-order valence-electron chi connectivity index (χ2n) is 4.00. The maximum absolute atomic E-state index is 6.11. The van der Waals surface area contributed by atoms with E-state index in [1.807, 2.05) is 49.4 Å². The van der Waals surface area contributed by atoms with Gasteiger partial charge in [-0.25, -0.2) is 0 Å². The molecule has 0 saturated heterocycles. The Labute approximate surface area is 120 Å². The predicted octanol–water partition coefficient (Wildman–Crippen LogP) is 4.82. The van der Waals surface area contributed by atoms with Gasteiger partial charge in [0.1, 0.15) is 11.9 Å². The van der Waals surface area contributed by atoms with E-state index in [1.54, 1.807) is 0 Å². The number of hydrogen-bond donors (Lipinski definition) is 1. The zero-order valence-electron chi connectivity index (χ0n) is 9.86. The van der Waals surface area contributed by atoms with Crippen LogP contribution in [-0.4, -0.2) is 0 Å². The number of halogens is 2. The van der Waals surface area contributed by atoms with Crippen molar-refractivity contribution >= 4 is 33.2 Å². The number of nitrogen functional groups attached to an aromatic ring is 1. The average molecular weight is 327 g/mol. The molecular formula is C14H13BrClNO. The van der Waals surface area contributed by atoms with E-state index in [9.17, 15) is 0 Å². The van der Waals surface area contributed by atoms with Gasteiger partial charge in [0.25, 0.3) is 0 Å². The molecule has 4 heteroatoms. The molecule has 0 heterocycles. The molecule has 0 bridgehead atoms. The summed E-state index contributed by atoms with van der Waals surface area (Å²) in [6.45, 7) is 1.97. The van der Waals surface area contributed by atoms with Gasteiger partial charge in [0, 0.05) is 10.2 Å². The molecule has 0 aliphatic carbocycles. The van der Waals surface area contributed by atoms with Crippen molar-refractivity contribution in [3.63, 3.8) is 0 Å². The summed E-state index contributed by atoms with van der Waals surface area (Å²) in [6, 6.07) is 13.2. The molecule has 0 spiro atoms. The van der Waals surface area contributed by atoms with E-state index < -0.39 is 0 Å². The van der Waals surface area contributed by atoms with E-state index in [4.69, 9.17) is 22.1 Å². The van der Waals surface area contributed by atoms with Gasteiger partial charge < -0.3 is 10.5 Å². The van der Waals surface area contributed by atoms with Crippen molar-refractivity contribution in [3.8, 4) is 5.75 Å². The molecule has 2 aromatic rings. The summed E-state index contributed by atoms with van der Waals surface area (Å²) in [4.78, 5) is 0. The fraction of sp³-hybridized carbons (Fsp3) is 0.143. The van der Waals surface area contributed by atoms with Crippen LogP contribution in [0.2, 0.25) is 5.02 Å². The number of hydrogen-bond acceptors (Lipinski definition) is 2. The van der Waals surface area contributed by atoms with Crippen LogP contribution >= 0.6 is 27.5 Å². The maximum Gasteiger partial charge on any atom is 0.138 e. The summed E-state index contributed by atoms with van der Waals surface area (Å²) in [5.41, 5.74) is 7.50. The van der Waals surface area contributed by atoms with Crippen molar-refractivity contribution in [1.82, 2.24) is 0 Å². The Morgan fingerprint density at radius 1 is 1.22 bits per heavy atom. The van der Waals surface area contributed by atoms with Gasteiger partial charge in [0.15, 0.2) is 0 Å². The van der Waals surface area contributed by atoms with Crippen LogP contribution in [0, 0.1) is 0 Å². The fourth-order valence-corrected chi connectivity index (χ4v) is 2.36. The highest BCUT2D eigenvalue weighted by Crippen LogP contribution is 2.31. The quantitative estimate of drug-likeness (QED) is 0.820. The van der Waals surface area contributed by atoms with Gasteiger partial charge in [-0.2, -0.15) is 0 Å². The highest BCUT2D eigenvalue weighted by Gasteiger charge is 2.10. The van der Waals surface area contributed by atoms with Crippen molar-refractivity contribution in [2.75, 3.05) is 5.73 Å². The molecule has 1 unspecified atom stereocenters. The summed E-state index contributed by atoms with van der Waals surface area (Å²) < 4.78 is 6.76. The Kier molecular flexibility index (Phi) is 4.15. The molecule has 2 aromatic carbocycles. The van der Waals surface area contributed by atoms with E-state index in [1.165, 1.54) is 0 Å². The zero-order valence-corrected chi connectivity index (χ0v) is 12.2. The Morgan fingerprint density at radius 3 is 2.67 bits per heavy atom. The maximum atomic E-state index is 6.11. The molecule has 0 amide bonds. The SMILES string of the molecule is CC(Oc1ccc(Br)cc1Cl)c1cccc(N)c1. The average Bonchev–Trinajstić information content (AvgIpc) is 2.32. The van der Waals surface area contributed by atoms with E-state index >= 15 is 0 Å². The van der Waals surface area contributed by atoms with Crippen molar-refractivity contribution in [1.29, 1.82) is 0 Å². The third-order valence-corrected chi connectivity index (χ3v) is 3.37. The molecular weight excluding hydrogens is 314 g/mol. The molecule has 2 N–H and O–H groups in total. The third kappa shape index (κ3) is 3.18. The monoisotopic (exact) mass is 325 g/mol. The minimum atomic E-state index is -0.104. The lowest BCUT2D eigenvalue weighted by Gasteiger charge is -2.16. The van der Waals surface area contributed by atoms with E-state index in [-0.39, 0.29) is 6.10 Å². The minimum Gasteiger partial charge on any atom is -0.484 e. The van der Waals surface area contributed by atoms with Crippen molar-refractivity contribution in [3.05, 3.63) is 57.5 Å². The summed E-state index contributed by atoms with van der Waals surface area (Å²) in [5, 5.41) is 0.583. The first kappa shape index (κ1) is 13.2. The van der Waals surface area contributed by atoms with Gasteiger partial charge in [-0.1, -0.05) is 39.7 Å². The van der Waals surface area contributed by atoms with Gasteiger partial charge in [0.05, 0.1) is 5.02 Å². The lowest BCUT2D eigenvalue weighted by molar-refractivity contribution is 0.227. The van der Waals surface area contributed by atoms with Crippen LogP contribution in [0.25, 0.3) is 0 Å².